The van der Waals surface area contributed by atoms with Gasteiger partial charge in [-0.15, -0.1) is 0 Å². The van der Waals surface area contributed by atoms with Crippen LogP contribution in [0.5, 0.6) is 11.6 Å². The molecule has 1 heterocycles. The summed E-state index contributed by atoms with van der Waals surface area (Å²) < 4.78 is 7.23. The van der Waals surface area contributed by atoms with Crippen molar-refractivity contribution in [3.8, 4) is 17.7 Å². The summed E-state index contributed by atoms with van der Waals surface area (Å²) in [6, 6.07) is 7.60. The van der Waals surface area contributed by atoms with Crippen LogP contribution in [0.3, 0.4) is 0 Å². The predicted molar refractivity (Wildman–Crippen MR) is 68.3 cm³/mol. The number of benzene rings is 1. The Balaban J connectivity index is 2.43. The van der Waals surface area contributed by atoms with Crippen LogP contribution in [-0.2, 0) is 7.05 Å². The van der Waals surface area contributed by atoms with E-state index in [1.165, 1.54) is 4.68 Å². The molecule has 1 aromatic heterocycles. The van der Waals surface area contributed by atoms with Crippen molar-refractivity contribution in [3.05, 3.63) is 35.0 Å². The van der Waals surface area contributed by atoms with Crippen LogP contribution in [0.2, 0.25) is 0 Å². The van der Waals surface area contributed by atoms with E-state index in [4.69, 9.17) is 15.7 Å². The smallest absolute Gasteiger partial charge is 0.235 e. The van der Waals surface area contributed by atoms with Crippen LogP contribution in [0, 0.1) is 25.2 Å². The number of aryl methyl sites for hydroxylation is 3. The molecule has 2 N–H and O–H groups in total. The summed E-state index contributed by atoms with van der Waals surface area (Å²) in [5, 5.41) is 13.2. The molecular formula is C13H14N4O. The first-order valence-electron chi connectivity index (χ1n) is 5.50. The van der Waals surface area contributed by atoms with Gasteiger partial charge < -0.3 is 10.5 Å². The van der Waals surface area contributed by atoms with E-state index < -0.39 is 0 Å². The van der Waals surface area contributed by atoms with Crippen LogP contribution in [0.1, 0.15) is 16.8 Å². The molecule has 0 fully saturated rings. The number of rotatable bonds is 2. The van der Waals surface area contributed by atoms with E-state index in [2.05, 4.69) is 11.2 Å². The third kappa shape index (κ3) is 2.00. The zero-order valence-electron chi connectivity index (χ0n) is 10.6. The molecule has 0 unspecified atom stereocenters. The van der Waals surface area contributed by atoms with E-state index in [0.717, 1.165) is 5.56 Å². The van der Waals surface area contributed by atoms with Crippen LogP contribution in [0.15, 0.2) is 18.2 Å². The van der Waals surface area contributed by atoms with Crippen LogP contribution in [0.4, 0.5) is 5.69 Å². The lowest BCUT2D eigenvalue weighted by atomic mass is 10.2. The van der Waals surface area contributed by atoms with E-state index in [1.54, 1.807) is 20.0 Å². The fourth-order valence-electron chi connectivity index (χ4n) is 1.75. The van der Waals surface area contributed by atoms with E-state index >= 15 is 0 Å². The molecule has 0 spiro atoms. The Morgan fingerprint density at radius 1 is 1.39 bits per heavy atom. The van der Waals surface area contributed by atoms with Crippen molar-refractivity contribution in [2.75, 3.05) is 5.73 Å². The molecule has 0 saturated heterocycles. The zero-order chi connectivity index (χ0) is 13.3. The van der Waals surface area contributed by atoms with Gasteiger partial charge in [-0.1, -0.05) is 6.07 Å². The first-order chi connectivity index (χ1) is 8.52. The average molecular weight is 242 g/mol. The van der Waals surface area contributed by atoms with E-state index in [0.29, 0.717) is 28.6 Å². The lowest BCUT2D eigenvalue weighted by Gasteiger charge is -2.09. The fourth-order valence-corrected chi connectivity index (χ4v) is 1.75. The van der Waals surface area contributed by atoms with E-state index in [9.17, 15) is 0 Å². The standard InChI is InChI=1S/C13H14N4O/c1-8-4-5-12(11(15)6-8)18-13-10(7-14)9(2)16-17(13)3/h4-6H,15H2,1-3H3. The summed E-state index contributed by atoms with van der Waals surface area (Å²) in [6.07, 6.45) is 0. The second kappa shape index (κ2) is 4.41. The first-order valence-corrected chi connectivity index (χ1v) is 5.50. The van der Waals surface area contributed by atoms with Crippen LogP contribution >= 0.6 is 0 Å². The highest BCUT2D eigenvalue weighted by atomic mass is 16.5. The Bertz CT molecular complexity index is 637. The molecule has 0 aliphatic rings. The van der Waals surface area contributed by atoms with Gasteiger partial charge in [0.05, 0.1) is 11.4 Å². The van der Waals surface area contributed by atoms with Crippen molar-refractivity contribution in [1.29, 1.82) is 5.26 Å². The third-order valence-electron chi connectivity index (χ3n) is 2.65. The Morgan fingerprint density at radius 3 is 2.72 bits per heavy atom. The van der Waals surface area contributed by atoms with Crippen LogP contribution in [-0.4, -0.2) is 9.78 Å². The maximum absolute atomic E-state index is 9.09. The molecule has 92 valence electrons. The molecule has 18 heavy (non-hydrogen) atoms. The molecule has 2 rings (SSSR count). The normalized spacial score (nSPS) is 10.1. The second-order valence-corrected chi connectivity index (χ2v) is 4.14. The van der Waals surface area contributed by atoms with Crippen molar-refractivity contribution in [2.45, 2.75) is 13.8 Å². The summed E-state index contributed by atoms with van der Waals surface area (Å²) in [6.45, 7) is 3.72. The number of nitrogen functional groups attached to an aromatic ring is 1. The lowest BCUT2D eigenvalue weighted by molar-refractivity contribution is 0.431. The number of nitrogens with zero attached hydrogens (tertiary/aromatic N) is 3. The highest BCUT2D eigenvalue weighted by Gasteiger charge is 2.16. The van der Waals surface area contributed by atoms with Gasteiger partial charge in [0.15, 0.2) is 5.75 Å². The zero-order valence-corrected chi connectivity index (χ0v) is 10.6. The monoisotopic (exact) mass is 242 g/mol. The van der Waals surface area contributed by atoms with Crippen LogP contribution in [0.25, 0.3) is 0 Å². The SMILES string of the molecule is Cc1ccc(Oc2c(C#N)c(C)nn2C)c(N)c1. The minimum atomic E-state index is 0.408. The molecule has 1 aromatic carbocycles. The molecule has 0 saturated carbocycles. The van der Waals surface area contributed by atoms with Crippen molar-refractivity contribution in [3.63, 3.8) is 0 Å². The molecule has 0 amide bonds. The highest BCUT2D eigenvalue weighted by Crippen LogP contribution is 2.30. The van der Waals surface area contributed by atoms with Gasteiger partial charge in [-0.3, -0.25) is 0 Å². The minimum absolute atomic E-state index is 0.408. The molecule has 0 atom stereocenters. The Hall–Kier alpha value is -2.48. The van der Waals surface area contributed by atoms with Crippen molar-refractivity contribution < 1.29 is 4.74 Å². The van der Waals surface area contributed by atoms with Gasteiger partial charge in [-0.25, -0.2) is 4.68 Å². The molecular weight excluding hydrogens is 228 g/mol. The number of aromatic nitrogens is 2. The predicted octanol–water partition coefficient (Wildman–Crippen LogP) is 2.28. The van der Waals surface area contributed by atoms with Gasteiger partial charge >= 0.3 is 0 Å². The molecule has 0 aliphatic carbocycles. The summed E-state index contributed by atoms with van der Waals surface area (Å²) in [5.41, 5.74) is 8.54. The van der Waals surface area contributed by atoms with Gasteiger partial charge in [0.25, 0.3) is 0 Å². The lowest BCUT2D eigenvalue weighted by Crippen LogP contribution is -1.98. The second-order valence-electron chi connectivity index (χ2n) is 4.14. The number of hydrogen-bond acceptors (Lipinski definition) is 4. The number of nitrogens with two attached hydrogens (primary N) is 1. The molecule has 0 aliphatic heterocycles. The van der Waals surface area contributed by atoms with Gasteiger partial charge in [0.2, 0.25) is 5.88 Å². The summed E-state index contributed by atoms with van der Waals surface area (Å²) in [7, 11) is 1.73. The summed E-state index contributed by atoms with van der Waals surface area (Å²) >= 11 is 0. The number of anilines is 1. The average Bonchev–Trinajstić information content (AvgIpc) is 2.57. The van der Waals surface area contributed by atoms with Gasteiger partial charge in [0.1, 0.15) is 11.6 Å². The summed E-state index contributed by atoms with van der Waals surface area (Å²) in [5.74, 6) is 0.936. The Labute approximate surface area is 105 Å². The van der Waals surface area contributed by atoms with Gasteiger partial charge in [-0.2, -0.15) is 10.4 Å². The van der Waals surface area contributed by atoms with Crippen LogP contribution < -0.4 is 10.5 Å². The number of nitriles is 1. The van der Waals surface area contributed by atoms with Gasteiger partial charge in [0, 0.05) is 7.05 Å². The van der Waals surface area contributed by atoms with Crippen molar-refractivity contribution in [2.24, 2.45) is 7.05 Å². The van der Waals surface area contributed by atoms with Crippen molar-refractivity contribution in [1.82, 2.24) is 9.78 Å². The highest BCUT2D eigenvalue weighted by molar-refractivity contribution is 5.56. The number of hydrogen-bond donors (Lipinski definition) is 1. The third-order valence-corrected chi connectivity index (χ3v) is 2.65. The topological polar surface area (TPSA) is 76.9 Å². The first kappa shape index (κ1) is 12.0. The maximum Gasteiger partial charge on any atom is 0.235 e. The Morgan fingerprint density at radius 2 is 2.11 bits per heavy atom. The summed E-state index contributed by atoms with van der Waals surface area (Å²) in [4.78, 5) is 0. The maximum atomic E-state index is 9.09. The molecule has 0 bridgehead atoms. The van der Waals surface area contributed by atoms with Gasteiger partial charge in [-0.05, 0) is 31.5 Å². The molecule has 0 radical (unpaired) electrons. The fraction of sp³-hybridized carbons (Fsp3) is 0.231. The largest absolute Gasteiger partial charge is 0.436 e. The molecule has 5 heteroatoms. The molecule has 5 nitrogen and oxygen atoms in total. The van der Waals surface area contributed by atoms with E-state index in [1.807, 2.05) is 19.1 Å². The quantitative estimate of drug-likeness (QED) is 0.819. The van der Waals surface area contributed by atoms with E-state index in [-0.39, 0.29) is 0 Å². The van der Waals surface area contributed by atoms with Crippen molar-refractivity contribution >= 4 is 5.69 Å². The number of ether oxygens (including phenoxy) is 1. The minimum Gasteiger partial charge on any atom is -0.436 e. The Kier molecular flexibility index (Phi) is 2.94. The molecule has 2 aromatic rings.